The van der Waals surface area contributed by atoms with E-state index in [2.05, 4.69) is 62.5 Å². The first-order valence-electron chi connectivity index (χ1n) is 6.43. The SMILES string of the molecule is CC(C)NCc1cccc(Br)c1OCc1sccc1Br. The van der Waals surface area contributed by atoms with Crippen LogP contribution in [0.4, 0.5) is 0 Å². The van der Waals surface area contributed by atoms with Crippen LogP contribution in [0.25, 0.3) is 0 Å². The molecule has 0 saturated carbocycles. The monoisotopic (exact) mass is 417 g/mol. The van der Waals surface area contributed by atoms with E-state index in [1.165, 1.54) is 10.4 Å². The van der Waals surface area contributed by atoms with E-state index in [-0.39, 0.29) is 0 Å². The van der Waals surface area contributed by atoms with Crippen molar-refractivity contribution in [2.75, 3.05) is 0 Å². The molecule has 0 aliphatic rings. The number of rotatable bonds is 6. The molecule has 2 rings (SSSR count). The average molecular weight is 419 g/mol. The summed E-state index contributed by atoms with van der Waals surface area (Å²) >= 11 is 8.80. The Morgan fingerprint density at radius 1 is 1.20 bits per heavy atom. The Morgan fingerprint density at radius 3 is 2.65 bits per heavy atom. The quantitative estimate of drug-likeness (QED) is 0.682. The van der Waals surface area contributed by atoms with E-state index < -0.39 is 0 Å². The van der Waals surface area contributed by atoms with Gasteiger partial charge in [0.25, 0.3) is 0 Å². The molecular formula is C15H17Br2NOS. The number of thiophene rings is 1. The van der Waals surface area contributed by atoms with Crippen LogP contribution in [0, 0.1) is 0 Å². The molecule has 0 fully saturated rings. The van der Waals surface area contributed by atoms with Crippen molar-refractivity contribution in [3.8, 4) is 5.75 Å². The number of hydrogen-bond acceptors (Lipinski definition) is 3. The van der Waals surface area contributed by atoms with Crippen LogP contribution in [0.5, 0.6) is 5.75 Å². The molecule has 108 valence electrons. The molecule has 0 atom stereocenters. The molecule has 1 N–H and O–H groups in total. The zero-order valence-electron chi connectivity index (χ0n) is 11.5. The highest BCUT2D eigenvalue weighted by atomic mass is 79.9. The van der Waals surface area contributed by atoms with Gasteiger partial charge in [-0.3, -0.25) is 0 Å². The molecule has 0 aliphatic heterocycles. The molecule has 1 heterocycles. The lowest BCUT2D eigenvalue weighted by molar-refractivity contribution is 0.302. The van der Waals surface area contributed by atoms with Crippen LogP contribution in [0.2, 0.25) is 0 Å². The predicted molar refractivity (Wildman–Crippen MR) is 92.5 cm³/mol. The van der Waals surface area contributed by atoms with Crippen LogP contribution >= 0.6 is 43.2 Å². The maximum atomic E-state index is 6.02. The first kappa shape index (κ1) is 16.0. The molecule has 2 aromatic rings. The van der Waals surface area contributed by atoms with Gasteiger partial charge in [-0.25, -0.2) is 0 Å². The number of para-hydroxylation sites is 1. The molecule has 2 nitrogen and oxygen atoms in total. The van der Waals surface area contributed by atoms with Gasteiger partial charge in [0, 0.05) is 22.6 Å². The Balaban J connectivity index is 2.11. The zero-order valence-corrected chi connectivity index (χ0v) is 15.4. The molecule has 20 heavy (non-hydrogen) atoms. The van der Waals surface area contributed by atoms with Crippen LogP contribution < -0.4 is 10.1 Å². The molecule has 1 aromatic heterocycles. The number of hydrogen-bond donors (Lipinski definition) is 1. The first-order valence-corrected chi connectivity index (χ1v) is 8.90. The summed E-state index contributed by atoms with van der Waals surface area (Å²) in [5, 5.41) is 5.49. The Labute approximate surface area is 140 Å². The van der Waals surface area contributed by atoms with E-state index in [0.717, 1.165) is 21.2 Å². The summed E-state index contributed by atoms with van der Waals surface area (Å²) in [7, 11) is 0. The molecule has 0 saturated heterocycles. The van der Waals surface area contributed by atoms with Gasteiger partial charge < -0.3 is 10.1 Å². The molecule has 0 unspecified atom stereocenters. The minimum Gasteiger partial charge on any atom is -0.487 e. The third-order valence-electron chi connectivity index (χ3n) is 2.79. The van der Waals surface area contributed by atoms with Crippen molar-refractivity contribution in [3.05, 3.63) is 49.0 Å². The summed E-state index contributed by atoms with van der Waals surface area (Å²) in [5.41, 5.74) is 1.17. The van der Waals surface area contributed by atoms with Gasteiger partial charge >= 0.3 is 0 Å². The lowest BCUT2D eigenvalue weighted by atomic mass is 10.2. The van der Waals surface area contributed by atoms with Gasteiger partial charge in [0.2, 0.25) is 0 Å². The Morgan fingerprint density at radius 2 is 2.00 bits per heavy atom. The summed E-state index contributed by atoms with van der Waals surface area (Å²) in [4.78, 5) is 1.20. The van der Waals surface area contributed by atoms with Gasteiger partial charge in [-0.2, -0.15) is 0 Å². The van der Waals surface area contributed by atoms with Crippen molar-refractivity contribution in [1.29, 1.82) is 0 Å². The van der Waals surface area contributed by atoms with Crippen LogP contribution in [-0.2, 0) is 13.2 Å². The summed E-state index contributed by atoms with van der Waals surface area (Å²) in [6, 6.07) is 8.64. The number of halogens is 2. The van der Waals surface area contributed by atoms with Crippen LogP contribution in [0.1, 0.15) is 24.3 Å². The van der Waals surface area contributed by atoms with Crippen molar-refractivity contribution in [2.45, 2.75) is 33.0 Å². The molecule has 1 aromatic carbocycles. The highest BCUT2D eigenvalue weighted by molar-refractivity contribution is 9.10. The largest absolute Gasteiger partial charge is 0.487 e. The fourth-order valence-corrected chi connectivity index (χ4v) is 3.63. The van der Waals surface area contributed by atoms with Crippen molar-refractivity contribution < 1.29 is 4.74 Å². The second-order valence-corrected chi connectivity index (χ2v) is 7.45. The zero-order chi connectivity index (χ0) is 14.5. The van der Waals surface area contributed by atoms with Gasteiger partial charge in [-0.05, 0) is 49.4 Å². The van der Waals surface area contributed by atoms with Gasteiger partial charge in [-0.1, -0.05) is 26.0 Å². The second-order valence-electron chi connectivity index (χ2n) is 4.74. The van der Waals surface area contributed by atoms with E-state index in [9.17, 15) is 0 Å². The smallest absolute Gasteiger partial charge is 0.138 e. The maximum absolute atomic E-state index is 6.02. The highest BCUT2D eigenvalue weighted by Crippen LogP contribution is 2.31. The average Bonchev–Trinajstić information content (AvgIpc) is 2.81. The van der Waals surface area contributed by atoms with E-state index in [4.69, 9.17) is 4.74 Å². The molecule has 0 aliphatic carbocycles. The molecule has 0 spiro atoms. The molecule has 0 amide bonds. The van der Waals surface area contributed by atoms with E-state index in [1.807, 2.05) is 18.2 Å². The van der Waals surface area contributed by atoms with Crippen molar-refractivity contribution in [1.82, 2.24) is 5.32 Å². The Kier molecular flexibility index (Phi) is 6.08. The third-order valence-corrected chi connectivity index (χ3v) is 5.31. The van der Waals surface area contributed by atoms with Gasteiger partial charge in [0.1, 0.15) is 12.4 Å². The number of nitrogens with one attached hydrogen (secondary N) is 1. The lowest BCUT2D eigenvalue weighted by Crippen LogP contribution is -2.22. The highest BCUT2D eigenvalue weighted by Gasteiger charge is 2.10. The molecule has 5 heteroatoms. The summed E-state index contributed by atoms with van der Waals surface area (Å²) < 4.78 is 8.12. The van der Waals surface area contributed by atoms with Crippen molar-refractivity contribution in [2.24, 2.45) is 0 Å². The van der Waals surface area contributed by atoms with Crippen LogP contribution in [-0.4, -0.2) is 6.04 Å². The summed E-state index contributed by atoms with van der Waals surface area (Å²) in [5.74, 6) is 0.918. The fraction of sp³-hybridized carbons (Fsp3) is 0.333. The second kappa shape index (κ2) is 7.59. The van der Waals surface area contributed by atoms with Gasteiger partial charge in [0.15, 0.2) is 0 Å². The normalized spacial score (nSPS) is 11.1. The minimum absolute atomic E-state index is 0.452. The summed E-state index contributed by atoms with van der Waals surface area (Å²) in [6.07, 6.45) is 0. The minimum atomic E-state index is 0.452. The van der Waals surface area contributed by atoms with E-state index in [1.54, 1.807) is 11.3 Å². The van der Waals surface area contributed by atoms with Gasteiger partial charge in [0.05, 0.1) is 9.35 Å². The molecule has 0 radical (unpaired) electrons. The van der Waals surface area contributed by atoms with Crippen molar-refractivity contribution in [3.63, 3.8) is 0 Å². The van der Waals surface area contributed by atoms with E-state index in [0.29, 0.717) is 12.6 Å². The van der Waals surface area contributed by atoms with Crippen LogP contribution in [0.15, 0.2) is 38.6 Å². The first-order chi connectivity index (χ1) is 9.58. The molecular weight excluding hydrogens is 402 g/mol. The Hall–Kier alpha value is -0.360. The lowest BCUT2D eigenvalue weighted by Gasteiger charge is -2.15. The predicted octanol–water partition coefficient (Wildman–Crippen LogP) is 5.35. The van der Waals surface area contributed by atoms with E-state index >= 15 is 0 Å². The fourth-order valence-electron chi connectivity index (χ4n) is 1.73. The number of benzene rings is 1. The standard InChI is InChI=1S/C15H17Br2NOS/c1-10(2)18-8-11-4-3-5-13(17)15(11)19-9-14-12(16)6-7-20-14/h3-7,10,18H,8-9H2,1-2H3. The number of ether oxygens (including phenoxy) is 1. The molecule has 0 bridgehead atoms. The topological polar surface area (TPSA) is 21.3 Å². The van der Waals surface area contributed by atoms with Crippen molar-refractivity contribution >= 4 is 43.2 Å². The van der Waals surface area contributed by atoms with Gasteiger partial charge in [-0.15, -0.1) is 11.3 Å². The Bertz CT molecular complexity index is 569. The third kappa shape index (κ3) is 4.32. The summed E-state index contributed by atoms with van der Waals surface area (Å²) in [6.45, 7) is 5.66. The van der Waals surface area contributed by atoms with Crippen LogP contribution in [0.3, 0.4) is 0 Å². The maximum Gasteiger partial charge on any atom is 0.138 e.